The van der Waals surface area contributed by atoms with Gasteiger partial charge in [0.05, 0.1) is 5.69 Å². The summed E-state index contributed by atoms with van der Waals surface area (Å²) in [5.74, 6) is -0.544. The molecule has 3 rings (SSSR count). The van der Waals surface area contributed by atoms with Crippen LogP contribution in [0.5, 0.6) is 0 Å². The van der Waals surface area contributed by atoms with Gasteiger partial charge in [-0.1, -0.05) is 17.8 Å². The van der Waals surface area contributed by atoms with Gasteiger partial charge in [-0.05, 0) is 43.9 Å². The molecule has 0 amide bonds. The average molecular weight is 344 g/mol. The lowest BCUT2D eigenvalue weighted by molar-refractivity contribution is 0.593. The van der Waals surface area contributed by atoms with E-state index in [-0.39, 0.29) is 17.3 Å². The van der Waals surface area contributed by atoms with Gasteiger partial charge in [0.1, 0.15) is 11.5 Å². The molecule has 2 heterocycles. The second-order valence-corrected chi connectivity index (χ2v) is 6.47. The third kappa shape index (κ3) is 2.75. The molecule has 24 heavy (non-hydrogen) atoms. The van der Waals surface area contributed by atoms with Crippen LogP contribution >= 0.6 is 11.8 Å². The number of halogens is 1. The van der Waals surface area contributed by atoms with Gasteiger partial charge in [-0.15, -0.1) is 0 Å². The normalized spacial score (nSPS) is 11.4. The van der Waals surface area contributed by atoms with Crippen LogP contribution in [-0.2, 0) is 0 Å². The SMILES string of the molecule is CSc1ncc2cc(-c3ccc(N)c(F)c3)c(=O)n(C(C)C)c2n1. The van der Waals surface area contributed by atoms with Crippen molar-refractivity contribution in [2.45, 2.75) is 25.0 Å². The Morgan fingerprint density at radius 2 is 2.04 bits per heavy atom. The van der Waals surface area contributed by atoms with E-state index in [4.69, 9.17) is 5.73 Å². The quantitative estimate of drug-likeness (QED) is 0.447. The highest BCUT2D eigenvalue weighted by molar-refractivity contribution is 7.98. The van der Waals surface area contributed by atoms with Gasteiger partial charge in [0.2, 0.25) is 0 Å². The molecular formula is C17H17FN4OS. The Morgan fingerprint density at radius 1 is 1.29 bits per heavy atom. The van der Waals surface area contributed by atoms with Crippen LogP contribution < -0.4 is 11.3 Å². The Bertz CT molecular complexity index is 984. The zero-order chi connectivity index (χ0) is 17.4. The first-order valence-electron chi connectivity index (χ1n) is 7.44. The first kappa shape index (κ1) is 16.4. The zero-order valence-corrected chi connectivity index (χ0v) is 14.4. The number of thioether (sulfide) groups is 1. The maximum absolute atomic E-state index is 13.8. The Labute approximate surface area is 142 Å². The Kier molecular flexibility index (Phi) is 4.28. The van der Waals surface area contributed by atoms with Gasteiger partial charge in [0.25, 0.3) is 5.56 Å². The fraction of sp³-hybridized carbons (Fsp3) is 0.235. The van der Waals surface area contributed by atoms with E-state index in [1.54, 1.807) is 22.9 Å². The topological polar surface area (TPSA) is 73.8 Å². The highest BCUT2D eigenvalue weighted by Gasteiger charge is 2.16. The summed E-state index contributed by atoms with van der Waals surface area (Å²) in [5.41, 5.74) is 6.82. The number of nitrogens with zero attached hydrogens (tertiary/aromatic N) is 3. The van der Waals surface area contributed by atoms with Crippen LogP contribution in [0.1, 0.15) is 19.9 Å². The molecule has 0 aliphatic carbocycles. The third-order valence-electron chi connectivity index (χ3n) is 3.76. The molecule has 5 nitrogen and oxygen atoms in total. The summed E-state index contributed by atoms with van der Waals surface area (Å²) in [5, 5.41) is 1.33. The number of benzene rings is 1. The smallest absolute Gasteiger partial charge is 0.260 e. The van der Waals surface area contributed by atoms with Crippen LogP contribution in [0.3, 0.4) is 0 Å². The third-order valence-corrected chi connectivity index (χ3v) is 4.32. The Morgan fingerprint density at radius 3 is 2.67 bits per heavy atom. The van der Waals surface area contributed by atoms with Crippen LogP contribution in [0.15, 0.2) is 40.4 Å². The number of hydrogen-bond donors (Lipinski definition) is 1. The molecule has 0 aliphatic heterocycles. The van der Waals surface area contributed by atoms with Gasteiger partial charge in [-0.25, -0.2) is 14.4 Å². The Hall–Kier alpha value is -2.41. The molecule has 2 N–H and O–H groups in total. The maximum atomic E-state index is 13.8. The molecule has 3 aromatic rings. The summed E-state index contributed by atoms with van der Waals surface area (Å²) in [4.78, 5) is 21.7. The van der Waals surface area contributed by atoms with Crippen molar-refractivity contribution >= 4 is 28.5 Å². The second-order valence-electron chi connectivity index (χ2n) is 5.70. The molecule has 0 radical (unpaired) electrons. The largest absolute Gasteiger partial charge is 0.396 e. The molecule has 124 valence electrons. The van der Waals surface area contributed by atoms with Gasteiger partial charge < -0.3 is 5.73 Å². The van der Waals surface area contributed by atoms with Crippen molar-refractivity contribution in [3.8, 4) is 11.1 Å². The fourth-order valence-corrected chi connectivity index (χ4v) is 2.92. The molecule has 0 unspecified atom stereocenters. The van der Waals surface area contributed by atoms with E-state index in [2.05, 4.69) is 9.97 Å². The molecule has 0 aliphatic rings. The van der Waals surface area contributed by atoms with Gasteiger partial charge in [-0.2, -0.15) is 0 Å². The predicted molar refractivity (Wildman–Crippen MR) is 95.8 cm³/mol. The van der Waals surface area contributed by atoms with E-state index >= 15 is 0 Å². The van der Waals surface area contributed by atoms with Gasteiger partial charge in [0, 0.05) is 23.2 Å². The molecule has 0 bridgehead atoms. The molecule has 1 aromatic carbocycles. The summed E-state index contributed by atoms with van der Waals surface area (Å²) in [6.07, 6.45) is 3.56. The fourth-order valence-electron chi connectivity index (χ4n) is 2.58. The number of aromatic nitrogens is 3. The molecule has 7 heteroatoms. The van der Waals surface area contributed by atoms with Crippen molar-refractivity contribution in [2.75, 3.05) is 12.0 Å². The maximum Gasteiger partial charge on any atom is 0.260 e. The second kappa shape index (κ2) is 6.24. The lowest BCUT2D eigenvalue weighted by atomic mass is 10.0. The monoisotopic (exact) mass is 344 g/mol. The number of nitrogen functional groups attached to an aromatic ring is 1. The standard InChI is InChI=1S/C17H17FN4OS/c1-9(2)22-15-11(8-20-17(21-15)24-3)6-12(16(22)23)10-4-5-14(19)13(18)7-10/h4-9H,19H2,1-3H3. The average Bonchev–Trinajstić information content (AvgIpc) is 2.56. The minimum atomic E-state index is -0.544. The first-order valence-corrected chi connectivity index (χ1v) is 8.66. The number of nitrogens with two attached hydrogens (primary N) is 1. The van der Waals surface area contributed by atoms with Crippen molar-refractivity contribution in [3.05, 3.63) is 46.6 Å². The van der Waals surface area contributed by atoms with Crippen molar-refractivity contribution in [1.29, 1.82) is 0 Å². The number of anilines is 1. The van der Waals surface area contributed by atoms with Gasteiger partial charge >= 0.3 is 0 Å². The molecule has 2 aromatic heterocycles. The molecule has 0 spiro atoms. The zero-order valence-electron chi connectivity index (χ0n) is 13.6. The highest BCUT2D eigenvalue weighted by Crippen LogP contribution is 2.25. The van der Waals surface area contributed by atoms with Crippen LogP contribution in [-0.4, -0.2) is 20.8 Å². The van der Waals surface area contributed by atoms with Crippen LogP contribution in [0.2, 0.25) is 0 Å². The lowest BCUT2D eigenvalue weighted by Crippen LogP contribution is -2.24. The van der Waals surface area contributed by atoms with E-state index in [0.29, 0.717) is 21.9 Å². The molecule has 0 fully saturated rings. The first-order chi connectivity index (χ1) is 11.4. The predicted octanol–water partition coefficient (Wildman–Crippen LogP) is 3.48. The summed E-state index contributed by atoms with van der Waals surface area (Å²) < 4.78 is 15.4. The number of pyridine rings is 1. The number of fused-ring (bicyclic) bond motifs is 1. The van der Waals surface area contributed by atoms with E-state index in [1.807, 2.05) is 20.1 Å². The minimum Gasteiger partial charge on any atom is -0.396 e. The lowest BCUT2D eigenvalue weighted by Gasteiger charge is -2.15. The summed E-state index contributed by atoms with van der Waals surface area (Å²) in [7, 11) is 0. The van der Waals surface area contributed by atoms with Crippen LogP contribution in [0.25, 0.3) is 22.2 Å². The Balaban J connectivity index is 2.36. The number of rotatable bonds is 3. The summed E-state index contributed by atoms with van der Waals surface area (Å²) in [6.45, 7) is 3.82. The van der Waals surface area contributed by atoms with E-state index in [9.17, 15) is 9.18 Å². The van der Waals surface area contributed by atoms with Crippen LogP contribution in [0, 0.1) is 5.82 Å². The molecule has 0 saturated carbocycles. The van der Waals surface area contributed by atoms with Gasteiger partial charge in [-0.3, -0.25) is 9.36 Å². The van der Waals surface area contributed by atoms with Crippen molar-refractivity contribution < 1.29 is 4.39 Å². The van der Waals surface area contributed by atoms with Crippen molar-refractivity contribution in [1.82, 2.24) is 14.5 Å². The molecule has 0 saturated heterocycles. The van der Waals surface area contributed by atoms with E-state index in [1.165, 1.54) is 23.9 Å². The van der Waals surface area contributed by atoms with Crippen LogP contribution in [0.4, 0.5) is 10.1 Å². The van der Waals surface area contributed by atoms with Crippen molar-refractivity contribution in [2.24, 2.45) is 0 Å². The highest BCUT2D eigenvalue weighted by atomic mass is 32.2. The van der Waals surface area contributed by atoms with Crippen molar-refractivity contribution in [3.63, 3.8) is 0 Å². The van der Waals surface area contributed by atoms with E-state index < -0.39 is 5.82 Å². The molecular weight excluding hydrogens is 327 g/mol. The van der Waals surface area contributed by atoms with E-state index in [0.717, 1.165) is 5.39 Å². The summed E-state index contributed by atoms with van der Waals surface area (Å²) >= 11 is 1.41. The summed E-state index contributed by atoms with van der Waals surface area (Å²) in [6, 6.07) is 5.98. The minimum absolute atomic E-state index is 0.0525. The van der Waals surface area contributed by atoms with Gasteiger partial charge in [0.15, 0.2) is 5.16 Å². The molecule has 0 atom stereocenters. The number of hydrogen-bond acceptors (Lipinski definition) is 5.